The molecule has 0 unspecified atom stereocenters. The summed E-state index contributed by atoms with van der Waals surface area (Å²) in [6.07, 6.45) is 2.29. The lowest BCUT2D eigenvalue weighted by Crippen LogP contribution is -2.22. The number of aromatic nitrogens is 3. The van der Waals surface area contributed by atoms with Crippen molar-refractivity contribution >= 4 is 27.3 Å². The van der Waals surface area contributed by atoms with Gasteiger partial charge in [-0.05, 0) is 6.92 Å². The zero-order valence-corrected chi connectivity index (χ0v) is 12.1. The Kier molecular flexibility index (Phi) is 4.16. The lowest BCUT2D eigenvalue weighted by Gasteiger charge is -2.03. The lowest BCUT2D eigenvalue weighted by atomic mass is 10.4. The van der Waals surface area contributed by atoms with E-state index in [0.29, 0.717) is 0 Å². The zero-order valence-electron chi connectivity index (χ0n) is 10.5. The van der Waals surface area contributed by atoms with E-state index in [9.17, 15) is 13.2 Å². The average Bonchev–Trinajstić information content (AvgIpc) is 2.95. The maximum Gasteiger partial charge on any atom is 0.325 e. The van der Waals surface area contributed by atoms with Gasteiger partial charge in [0.05, 0.1) is 17.4 Å². The summed E-state index contributed by atoms with van der Waals surface area (Å²) in [5.41, 5.74) is 2.42. The fourth-order valence-electron chi connectivity index (χ4n) is 1.45. The second kappa shape index (κ2) is 5.69. The highest BCUT2D eigenvalue weighted by Gasteiger charge is 2.17. The van der Waals surface area contributed by atoms with Crippen molar-refractivity contribution < 1.29 is 18.3 Å². The molecule has 0 aliphatic heterocycles. The summed E-state index contributed by atoms with van der Waals surface area (Å²) in [4.78, 5) is 15.3. The topological polar surface area (TPSA) is 114 Å². The molecule has 10 heteroatoms. The fourth-order valence-corrected chi connectivity index (χ4v) is 3.20. The zero-order chi connectivity index (χ0) is 14.8. The van der Waals surface area contributed by atoms with E-state index in [0.717, 1.165) is 21.4 Å². The van der Waals surface area contributed by atoms with Crippen molar-refractivity contribution in [3.63, 3.8) is 0 Å². The smallest absolute Gasteiger partial charge is 0.325 e. The maximum absolute atomic E-state index is 12.0. The predicted octanol–water partition coefficient (Wildman–Crippen LogP) is 0.211. The highest BCUT2D eigenvalue weighted by molar-refractivity contribution is 7.89. The molecule has 20 heavy (non-hydrogen) atoms. The van der Waals surface area contributed by atoms with E-state index in [2.05, 4.69) is 14.8 Å². The molecular formula is C10H12N4O4S2. The van der Waals surface area contributed by atoms with Gasteiger partial charge < -0.3 is 5.11 Å². The van der Waals surface area contributed by atoms with Crippen molar-refractivity contribution in [2.75, 3.05) is 0 Å². The number of hydrogen-bond acceptors (Lipinski definition) is 6. The van der Waals surface area contributed by atoms with Gasteiger partial charge in [-0.15, -0.1) is 11.3 Å². The molecule has 0 saturated heterocycles. The number of carboxylic acid groups (broad SMARTS) is 1. The molecule has 0 aromatic carbocycles. The number of aryl methyl sites for hydroxylation is 1. The van der Waals surface area contributed by atoms with Crippen molar-refractivity contribution in [2.45, 2.75) is 24.9 Å². The van der Waals surface area contributed by atoms with Crippen LogP contribution in [0.3, 0.4) is 0 Å². The molecular weight excluding hydrogens is 304 g/mol. The summed E-state index contributed by atoms with van der Waals surface area (Å²) in [6.45, 7) is 1.55. The average molecular weight is 316 g/mol. The van der Waals surface area contributed by atoms with Crippen LogP contribution < -0.4 is 4.72 Å². The molecule has 0 aliphatic rings. The molecule has 2 N–H and O–H groups in total. The number of carboxylic acids is 1. The Morgan fingerprint density at radius 1 is 1.55 bits per heavy atom. The van der Waals surface area contributed by atoms with Crippen LogP contribution in [0.15, 0.2) is 22.8 Å². The van der Waals surface area contributed by atoms with Gasteiger partial charge >= 0.3 is 5.97 Å². The molecule has 8 nitrogen and oxygen atoms in total. The summed E-state index contributed by atoms with van der Waals surface area (Å²) >= 11 is 1.36. The van der Waals surface area contributed by atoms with Crippen molar-refractivity contribution in [3.05, 3.63) is 28.5 Å². The largest absolute Gasteiger partial charge is 0.480 e. The van der Waals surface area contributed by atoms with Crippen LogP contribution >= 0.6 is 11.3 Å². The van der Waals surface area contributed by atoms with Crippen LogP contribution in [0.1, 0.15) is 10.6 Å². The Labute approximate surface area is 119 Å². The van der Waals surface area contributed by atoms with Crippen LogP contribution in [-0.2, 0) is 27.9 Å². The number of thiazole rings is 1. The standard InChI is InChI=1S/C10H12N4O4S2/c1-7-9(19-6-11-7)3-13-20(17,18)8-2-12-14(4-8)5-10(15)16/h2,4,6,13H,3,5H2,1H3,(H,15,16). The first kappa shape index (κ1) is 14.6. The van der Waals surface area contributed by atoms with E-state index in [1.54, 1.807) is 12.4 Å². The van der Waals surface area contributed by atoms with E-state index in [1.165, 1.54) is 17.5 Å². The molecule has 2 heterocycles. The maximum atomic E-state index is 12.0. The number of nitrogens with one attached hydrogen (secondary N) is 1. The van der Waals surface area contributed by atoms with Gasteiger partial charge in [-0.25, -0.2) is 18.1 Å². The van der Waals surface area contributed by atoms with Crippen LogP contribution in [0.5, 0.6) is 0 Å². The van der Waals surface area contributed by atoms with Crippen LogP contribution in [0.25, 0.3) is 0 Å². The van der Waals surface area contributed by atoms with Gasteiger partial charge in [0.25, 0.3) is 0 Å². The molecule has 0 atom stereocenters. The third-order valence-corrected chi connectivity index (χ3v) is 4.78. The number of rotatable bonds is 6. The van der Waals surface area contributed by atoms with E-state index in [1.807, 2.05) is 0 Å². The first-order valence-electron chi connectivity index (χ1n) is 5.51. The van der Waals surface area contributed by atoms with Crippen molar-refractivity contribution in [1.82, 2.24) is 19.5 Å². The molecule has 108 valence electrons. The Morgan fingerprint density at radius 3 is 2.90 bits per heavy atom. The van der Waals surface area contributed by atoms with E-state index < -0.39 is 16.0 Å². The SMILES string of the molecule is Cc1ncsc1CNS(=O)(=O)c1cnn(CC(=O)O)c1. The monoisotopic (exact) mass is 316 g/mol. The minimum Gasteiger partial charge on any atom is -0.480 e. The van der Waals surface area contributed by atoms with E-state index in [4.69, 9.17) is 5.11 Å². The van der Waals surface area contributed by atoms with Crippen LogP contribution in [0.2, 0.25) is 0 Å². The third-order valence-electron chi connectivity index (χ3n) is 2.48. The number of hydrogen-bond donors (Lipinski definition) is 2. The van der Waals surface area contributed by atoms with Gasteiger partial charge in [0, 0.05) is 17.6 Å². The summed E-state index contributed by atoms with van der Waals surface area (Å²) in [6, 6.07) is 0. The molecule has 0 fully saturated rings. The highest BCUT2D eigenvalue weighted by Crippen LogP contribution is 2.13. The van der Waals surface area contributed by atoms with Crippen LogP contribution in [0.4, 0.5) is 0 Å². The minimum atomic E-state index is -3.72. The molecule has 2 aromatic rings. The van der Waals surface area contributed by atoms with Crippen LogP contribution in [0, 0.1) is 6.92 Å². The molecule has 0 spiro atoms. The lowest BCUT2D eigenvalue weighted by molar-refractivity contribution is -0.137. The van der Waals surface area contributed by atoms with Crippen LogP contribution in [-0.4, -0.2) is 34.3 Å². The quantitative estimate of drug-likeness (QED) is 0.787. The second-order valence-corrected chi connectivity index (χ2v) is 6.66. The van der Waals surface area contributed by atoms with E-state index in [-0.39, 0.29) is 18.0 Å². The molecule has 0 bridgehead atoms. The second-order valence-electron chi connectivity index (χ2n) is 3.95. The van der Waals surface area contributed by atoms with Gasteiger partial charge in [0.2, 0.25) is 10.0 Å². The molecule has 2 rings (SSSR count). The van der Waals surface area contributed by atoms with Crippen molar-refractivity contribution in [3.8, 4) is 0 Å². The highest BCUT2D eigenvalue weighted by atomic mass is 32.2. The van der Waals surface area contributed by atoms with Gasteiger partial charge in [-0.3, -0.25) is 9.48 Å². The minimum absolute atomic E-state index is 0.0686. The Hall–Kier alpha value is -1.78. The first-order valence-corrected chi connectivity index (χ1v) is 7.87. The molecule has 0 radical (unpaired) electrons. The Balaban J connectivity index is 2.08. The fraction of sp³-hybridized carbons (Fsp3) is 0.300. The number of carbonyl (C=O) groups is 1. The summed E-state index contributed by atoms with van der Waals surface area (Å²) < 4.78 is 27.5. The van der Waals surface area contributed by atoms with Gasteiger partial charge in [0.15, 0.2) is 0 Å². The van der Waals surface area contributed by atoms with Gasteiger partial charge in [-0.1, -0.05) is 0 Å². The van der Waals surface area contributed by atoms with Crippen molar-refractivity contribution in [1.29, 1.82) is 0 Å². The molecule has 0 saturated carbocycles. The number of nitrogens with zero attached hydrogens (tertiary/aromatic N) is 3. The van der Waals surface area contributed by atoms with Crippen molar-refractivity contribution in [2.24, 2.45) is 0 Å². The summed E-state index contributed by atoms with van der Waals surface area (Å²) in [5, 5.41) is 12.3. The third kappa shape index (κ3) is 3.40. The summed E-state index contributed by atoms with van der Waals surface area (Å²) in [7, 11) is -3.72. The first-order chi connectivity index (χ1) is 9.38. The molecule has 0 amide bonds. The number of sulfonamides is 1. The van der Waals surface area contributed by atoms with Gasteiger partial charge in [-0.2, -0.15) is 5.10 Å². The normalized spacial score (nSPS) is 11.7. The Bertz CT molecular complexity index is 719. The summed E-state index contributed by atoms with van der Waals surface area (Å²) in [5.74, 6) is -1.09. The molecule has 2 aromatic heterocycles. The molecule has 0 aliphatic carbocycles. The van der Waals surface area contributed by atoms with Gasteiger partial charge in [0.1, 0.15) is 11.4 Å². The Morgan fingerprint density at radius 2 is 2.30 bits per heavy atom. The predicted molar refractivity (Wildman–Crippen MR) is 70.7 cm³/mol. The van der Waals surface area contributed by atoms with E-state index >= 15 is 0 Å². The number of aliphatic carboxylic acids is 1.